The van der Waals surface area contributed by atoms with Crippen molar-refractivity contribution in [2.45, 2.75) is 122 Å². The minimum atomic E-state index is -5.24. The maximum Gasteiger partial charge on any atom is 0.325 e. The molecule has 1 aromatic rings. The van der Waals surface area contributed by atoms with Crippen LogP contribution in [0.1, 0.15) is 75.2 Å². The summed E-state index contributed by atoms with van der Waals surface area (Å²) in [5, 5.41) is 12.0. The molecule has 1 saturated heterocycles. The Morgan fingerprint density at radius 1 is 0.896 bits per heavy atom. The van der Waals surface area contributed by atoms with Crippen molar-refractivity contribution in [1.29, 1.82) is 0 Å². The van der Waals surface area contributed by atoms with E-state index in [1.54, 1.807) is 20.8 Å². The first-order valence-corrected chi connectivity index (χ1v) is 16.2. The van der Waals surface area contributed by atoms with Gasteiger partial charge < -0.3 is 28.4 Å². The second kappa shape index (κ2) is 15.8. The van der Waals surface area contributed by atoms with Gasteiger partial charge in [0.25, 0.3) is 15.7 Å². The van der Waals surface area contributed by atoms with Gasteiger partial charge in [0.2, 0.25) is 0 Å². The minimum Gasteiger partial charge on any atom is -0.463 e. The van der Waals surface area contributed by atoms with Gasteiger partial charge >= 0.3 is 29.8 Å². The lowest BCUT2D eigenvalue weighted by atomic mass is 10.1. The number of carbonyl (C=O) groups is 5. The van der Waals surface area contributed by atoms with Crippen molar-refractivity contribution in [3.05, 3.63) is 34.4 Å². The summed E-state index contributed by atoms with van der Waals surface area (Å²) >= 11 is 0. The topological polar surface area (TPSA) is 221 Å². The highest BCUT2D eigenvalue weighted by atomic mass is 32.2. The maximum atomic E-state index is 14.6. The molecular formula is C30H42N2O15S. The smallest absolute Gasteiger partial charge is 0.325 e. The van der Waals surface area contributed by atoms with E-state index in [9.17, 15) is 42.5 Å². The SMILES string of the molecule is CC(=O)OC[C@@H]1O[C@@H](N([C@@H](CCC(=O)OC(C)(C)C)C(=O)OC(C)(C)C)S(=O)(=O)c2ccccc2[N+](=O)[O-])[C@H](OC(C)=O)[C@H]1OC(C)=O. The summed E-state index contributed by atoms with van der Waals surface area (Å²) in [6.45, 7) is 11.7. The Kier molecular flexibility index (Phi) is 13.2. The van der Waals surface area contributed by atoms with Gasteiger partial charge in [0.05, 0.1) is 4.92 Å². The molecule has 18 heteroatoms. The number of hydrogen-bond donors (Lipinski definition) is 0. The summed E-state index contributed by atoms with van der Waals surface area (Å²) in [5.74, 6) is -4.74. The van der Waals surface area contributed by atoms with Crippen LogP contribution in [0.25, 0.3) is 0 Å². The Hall–Kier alpha value is -4.16. The summed E-state index contributed by atoms with van der Waals surface area (Å²) in [5.41, 5.74) is -3.04. The first-order chi connectivity index (χ1) is 21.9. The van der Waals surface area contributed by atoms with E-state index < -0.39 is 117 Å². The average Bonchev–Trinajstić information content (AvgIpc) is 3.22. The van der Waals surface area contributed by atoms with Gasteiger partial charge in [-0.25, -0.2) is 8.42 Å². The zero-order valence-corrected chi connectivity index (χ0v) is 29.1. The Bertz CT molecular complexity index is 1500. The molecule has 0 aliphatic carbocycles. The molecular weight excluding hydrogens is 660 g/mol. The number of nitro benzene ring substituents is 1. The monoisotopic (exact) mass is 702 g/mol. The fraction of sp³-hybridized carbons (Fsp3) is 0.633. The van der Waals surface area contributed by atoms with Crippen LogP contribution in [0.5, 0.6) is 0 Å². The normalized spacial score (nSPS) is 20.4. The highest BCUT2D eigenvalue weighted by Crippen LogP contribution is 2.38. The standard InChI is InChI=1S/C30H42N2O15S/c1-17(33)42-16-22-25(43-18(2)34)26(44-19(3)35)27(45-22)31(48(40,41)23-13-11-10-12-20(23)32(38)39)21(28(37)47-30(7,8)9)14-15-24(36)46-29(4,5)6/h10-13,21-22,25-27H,14-16H2,1-9H3/t21-,22-,25-,26+,27+/m0/s1. The number of nitro groups is 1. The first-order valence-electron chi connectivity index (χ1n) is 14.8. The molecule has 0 bridgehead atoms. The number of nitrogens with zero attached hydrogens (tertiary/aromatic N) is 2. The third kappa shape index (κ3) is 11.2. The van der Waals surface area contributed by atoms with Gasteiger partial charge in [-0.05, 0) is 54.0 Å². The molecule has 17 nitrogen and oxygen atoms in total. The van der Waals surface area contributed by atoms with Crippen LogP contribution in [0.2, 0.25) is 0 Å². The molecule has 0 spiro atoms. The van der Waals surface area contributed by atoms with Crippen LogP contribution in [0, 0.1) is 10.1 Å². The molecule has 48 heavy (non-hydrogen) atoms. The third-order valence-corrected chi connectivity index (χ3v) is 8.16. The van der Waals surface area contributed by atoms with Gasteiger partial charge in [0, 0.05) is 33.3 Å². The quantitative estimate of drug-likeness (QED) is 0.125. The number of rotatable bonds is 13. The highest BCUT2D eigenvalue weighted by Gasteiger charge is 2.58. The second-order valence-electron chi connectivity index (χ2n) is 12.7. The highest BCUT2D eigenvalue weighted by molar-refractivity contribution is 7.89. The zero-order valence-electron chi connectivity index (χ0n) is 28.2. The molecule has 0 saturated carbocycles. The predicted molar refractivity (Wildman–Crippen MR) is 163 cm³/mol. The Labute approximate surface area is 278 Å². The molecule has 1 fully saturated rings. The van der Waals surface area contributed by atoms with Crippen molar-refractivity contribution in [3.8, 4) is 0 Å². The summed E-state index contributed by atoms with van der Waals surface area (Å²) < 4.78 is 62.4. The largest absolute Gasteiger partial charge is 0.463 e. The minimum absolute atomic E-state index is 0.394. The van der Waals surface area contributed by atoms with E-state index in [0.717, 1.165) is 32.9 Å². The third-order valence-electron chi connectivity index (χ3n) is 6.24. The van der Waals surface area contributed by atoms with Crippen LogP contribution in [0.15, 0.2) is 29.2 Å². The van der Waals surface area contributed by atoms with Crippen LogP contribution in [0.4, 0.5) is 5.69 Å². The van der Waals surface area contributed by atoms with E-state index in [1.807, 2.05) is 0 Å². The van der Waals surface area contributed by atoms with Crippen LogP contribution in [0.3, 0.4) is 0 Å². The zero-order chi connectivity index (χ0) is 36.8. The van der Waals surface area contributed by atoms with Gasteiger partial charge in [-0.1, -0.05) is 12.1 Å². The number of benzene rings is 1. The molecule has 5 atom stereocenters. The molecule has 1 aliphatic rings. The van der Waals surface area contributed by atoms with Crippen molar-refractivity contribution < 1.29 is 65.7 Å². The van der Waals surface area contributed by atoms with Crippen LogP contribution >= 0.6 is 0 Å². The number of ether oxygens (including phenoxy) is 6. The molecule has 1 aromatic carbocycles. The van der Waals surface area contributed by atoms with Crippen molar-refractivity contribution in [2.24, 2.45) is 0 Å². The van der Waals surface area contributed by atoms with Gasteiger partial charge in [-0.3, -0.25) is 34.1 Å². The molecule has 1 heterocycles. The molecule has 0 amide bonds. The van der Waals surface area contributed by atoms with Crippen LogP contribution in [-0.2, 0) is 62.4 Å². The van der Waals surface area contributed by atoms with Crippen LogP contribution < -0.4 is 0 Å². The van der Waals surface area contributed by atoms with Crippen molar-refractivity contribution in [2.75, 3.05) is 6.61 Å². The van der Waals surface area contributed by atoms with Crippen LogP contribution in [-0.4, -0.2) is 95.9 Å². The number of hydrogen-bond acceptors (Lipinski definition) is 15. The Morgan fingerprint density at radius 2 is 1.44 bits per heavy atom. The Morgan fingerprint density at radius 3 is 1.94 bits per heavy atom. The van der Waals surface area contributed by atoms with E-state index in [0.29, 0.717) is 4.31 Å². The molecule has 0 N–H and O–H groups in total. The average molecular weight is 703 g/mol. The summed E-state index contributed by atoms with van der Waals surface area (Å²) in [4.78, 5) is 73.1. The number of carbonyl (C=O) groups excluding carboxylic acids is 5. The lowest BCUT2D eigenvalue weighted by Gasteiger charge is -2.36. The van der Waals surface area contributed by atoms with E-state index in [2.05, 4.69) is 0 Å². The van der Waals surface area contributed by atoms with E-state index in [-0.39, 0.29) is 0 Å². The maximum absolute atomic E-state index is 14.6. The molecule has 1 aliphatic heterocycles. The van der Waals surface area contributed by atoms with Gasteiger partial charge in [-0.15, -0.1) is 0 Å². The van der Waals surface area contributed by atoms with E-state index in [4.69, 9.17) is 28.4 Å². The molecule has 0 radical (unpaired) electrons. The molecule has 2 rings (SSSR count). The van der Waals surface area contributed by atoms with E-state index >= 15 is 0 Å². The lowest BCUT2D eigenvalue weighted by molar-refractivity contribution is -0.387. The fourth-order valence-electron chi connectivity index (χ4n) is 4.68. The summed E-state index contributed by atoms with van der Waals surface area (Å²) in [6.07, 6.45) is -8.12. The lowest BCUT2D eigenvalue weighted by Crippen LogP contribution is -2.57. The second-order valence-corrected chi connectivity index (χ2v) is 14.6. The van der Waals surface area contributed by atoms with E-state index in [1.165, 1.54) is 32.9 Å². The number of sulfonamides is 1. The predicted octanol–water partition coefficient (Wildman–Crippen LogP) is 2.57. The number of esters is 5. The fourth-order valence-corrected chi connectivity index (χ4v) is 6.54. The molecule has 268 valence electrons. The van der Waals surface area contributed by atoms with Crippen molar-refractivity contribution in [1.82, 2.24) is 4.31 Å². The summed E-state index contributed by atoms with van der Waals surface area (Å²) in [7, 11) is -5.24. The number of para-hydroxylation sites is 1. The summed E-state index contributed by atoms with van der Waals surface area (Å²) in [6, 6.07) is 2.27. The Balaban J connectivity index is 2.94. The van der Waals surface area contributed by atoms with Crippen molar-refractivity contribution >= 4 is 45.6 Å². The first kappa shape index (κ1) is 40.0. The molecule has 0 unspecified atom stereocenters. The van der Waals surface area contributed by atoms with Gasteiger partial charge in [-0.2, -0.15) is 4.31 Å². The molecule has 0 aromatic heterocycles. The van der Waals surface area contributed by atoms with Crippen molar-refractivity contribution in [3.63, 3.8) is 0 Å². The van der Waals surface area contributed by atoms with Gasteiger partial charge in [0.1, 0.15) is 30.0 Å². The van der Waals surface area contributed by atoms with Gasteiger partial charge in [0.15, 0.2) is 23.3 Å².